The van der Waals surface area contributed by atoms with Gasteiger partial charge in [0.15, 0.2) is 0 Å². The Hall–Kier alpha value is -2.18. The number of hydrogen-bond donors (Lipinski definition) is 1. The summed E-state index contributed by atoms with van der Waals surface area (Å²) >= 11 is 1.48. The van der Waals surface area contributed by atoms with Crippen molar-refractivity contribution in [3.8, 4) is 16.9 Å². The summed E-state index contributed by atoms with van der Waals surface area (Å²) in [6.45, 7) is 2.52. The van der Waals surface area contributed by atoms with Gasteiger partial charge in [0, 0.05) is 24.5 Å². The maximum atomic E-state index is 12.5. The molecule has 3 rings (SSSR count). The van der Waals surface area contributed by atoms with Crippen molar-refractivity contribution in [1.82, 2.24) is 9.97 Å². The van der Waals surface area contributed by atoms with Gasteiger partial charge in [-0.05, 0) is 30.2 Å². The van der Waals surface area contributed by atoms with Gasteiger partial charge in [0.1, 0.15) is 16.4 Å². The molecule has 0 fully saturated rings. The average Bonchev–Trinajstić information content (AvgIpc) is 2.97. The molecule has 120 valence electrons. The number of aromatic amines is 1. The van der Waals surface area contributed by atoms with Crippen molar-refractivity contribution in [2.75, 3.05) is 20.8 Å². The summed E-state index contributed by atoms with van der Waals surface area (Å²) in [5.74, 6) is 1.49. The molecule has 0 aliphatic rings. The molecule has 1 N–H and O–H groups in total. The summed E-state index contributed by atoms with van der Waals surface area (Å²) in [4.78, 5) is 20.6. The van der Waals surface area contributed by atoms with E-state index in [1.165, 1.54) is 11.3 Å². The zero-order valence-corrected chi connectivity index (χ0v) is 14.1. The number of H-pyrrole nitrogens is 1. The highest BCUT2D eigenvalue weighted by atomic mass is 32.1. The smallest absolute Gasteiger partial charge is 0.260 e. The molecular weight excluding hydrogens is 312 g/mol. The van der Waals surface area contributed by atoms with E-state index < -0.39 is 0 Å². The number of fused-ring (bicyclic) bond motifs is 1. The van der Waals surface area contributed by atoms with Crippen LogP contribution in [0.15, 0.2) is 28.4 Å². The third-order valence-electron chi connectivity index (χ3n) is 3.74. The molecular formula is C17H18N2O3S. The zero-order chi connectivity index (χ0) is 16.4. The SMILES string of the molecule is COCCc1nc2scc(-c3ccc(OC)c(C)c3)c2c(=O)[nH]1. The summed E-state index contributed by atoms with van der Waals surface area (Å²) in [5.41, 5.74) is 2.82. The van der Waals surface area contributed by atoms with Crippen molar-refractivity contribution >= 4 is 21.6 Å². The molecule has 6 heteroatoms. The second-order valence-electron chi connectivity index (χ2n) is 5.27. The molecule has 0 aliphatic carbocycles. The lowest BCUT2D eigenvalue weighted by Crippen LogP contribution is -2.12. The fraction of sp³-hybridized carbons (Fsp3) is 0.294. The minimum atomic E-state index is -0.106. The standard InChI is InChI=1S/C17H18N2O3S/c1-10-8-11(4-5-13(10)22-3)12-9-23-17-15(12)16(20)18-14(19-17)6-7-21-2/h4-5,8-9H,6-7H2,1-3H3,(H,18,19,20). The van der Waals surface area contributed by atoms with Crippen LogP contribution in [-0.4, -0.2) is 30.8 Å². The number of ether oxygens (including phenoxy) is 2. The molecule has 3 aromatic rings. The van der Waals surface area contributed by atoms with E-state index in [2.05, 4.69) is 9.97 Å². The summed E-state index contributed by atoms with van der Waals surface area (Å²) in [7, 11) is 3.28. The minimum absolute atomic E-state index is 0.106. The molecule has 0 saturated carbocycles. The molecule has 0 atom stereocenters. The molecule has 0 amide bonds. The molecule has 2 heterocycles. The Balaban J connectivity index is 2.09. The van der Waals surface area contributed by atoms with Crippen LogP contribution in [0.2, 0.25) is 0 Å². The first-order valence-corrected chi connectivity index (χ1v) is 8.16. The predicted octanol–water partition coefficient (Wildman–Crippen LogP) is 3.16. The lowest BCUT2D eigenvalue weighted by molar-refractivity contribution is 0.200. The molecule has 23 heavy (non-hydrogen) atoms. The van der Waals surface area contributed by atoms with E-state index in [4.69, 9.17) is 9.47 Å². The van der Waals surface area contributed by atoms with Crippen LogP contribution in [-0.2, 0) is 11.2 Å². The summed E-state index contributed by atoms with van der Waals surface area (Å²) in [6.07, 6.45) is 0.594. The number of benzene rings is 1. The summed E-state index contributed by atoms with van der Waals surface area (Å²) in [5, 5.41) is 2.62. The lowest BCUT2D eigenvalue weighted by atomic mass is 10.0. The maximum Gasteiger partial charge on any atom is 0.260 e. The van der Waals surface area contributed by atoms with Gasteiger partial charge in [-0.3, -0.25) is 4.79 Å². The molecule has 0 radical (unpaired) electrons. The predicted molar refractivity (Wildman–Crippen MR) is 92.5 cm³/mol. The number of rotatable bonds is 5. The van der Waals surface area contributed by atoms with Gasteiger partial charge in [-0.15, -0.1) is 11.3 Å². The number of hydrogen-bond acceptors (Lipinski definition) is 5. The van der Waals surface area contributed by atoms with Crippen molar-refractivity contribution in [3.05, 3.63) is 45.3 Å². The third kappa shape index (κ3) is 3.00. The van der Waals surface area contributed by atoms with E-state index in [1.54, 1.807) is 14.2 Å². The number of thiophene rings is 1. The van der Waals surface area contributed by atoms with E-state index in [9.17, 15) is 4.79 Å². The van der Waals surface area contributed by atoms with Crippen molar-refractivity contribution in [1.29, 1.82) is 0 Å². The second-order valence-corrected chi connectivity index (χ2v) is 6.13. The molecule has 0 saturated heterocycles. The van der Waals surface area contributed by atoms with Gasteiger partial charge in [-0.25, -0.2) is 4.98 Å². The molecule has 0 spiro atoms. The normalized spacial score (nSPS) is 11.1. The van der Waals surface area contributed by atoms with E-state index >= 15 is 0 Å². The molecule has 0 aliphatic heterocycles. The highest BCUT2D eigenvalue weighted by Crippen LogP contribution is 2.33. The van der Waals surface area contributed by atoms with E-state index in [0.29, 0.717) is 24.2 Å². The largest absolute Gasteiger partial charge is 0.496 e. The average molecular weight is 330 g/mol. The van der Waals surface area contributed by atoms with E-state index in [0.717, 1.165) is 27.3 Å². The summed E-state index contributed by atoms with van der Waals surface area (Å²) < 4.78 is 10.3. The monoisotopic (exact) mass is 330 g/mol. The maximum absolute atomic E-state index is 12.5. The van der Waals surface area contributed by atoms with Crippen LogP contribution >= 0.6 is 11.3 Å². The Bertz CT molecular complexity index is 898. The van der Waals surface area contributed by atoms with Crippen LogP contribution in [0, 0.1) is 6.92 Å². The van der Waals surface area contributed by atoms with Gasteiger partial charge in [0.2, 0.25) is 0 Å². The molecule has 0 bridgehead atoms. The lowest BCUT2D eigenvalue weighted by Gasteiger charge is -2.07. The van der Waals surface area contributed by atoms with Gasteiger partial charge in [-0.2, -0.15) is 0 Å². The minimum Gasteiger partial charge on any atom is -0.496 e. The van der Waals surface area contributed by atoms with Crippen molar-refractivity contribution < 1.29 is 9.47 Å². The highest BCUT2D eigenvalue weighted by Gasteiger charge is 2.13. The van der Waals surface area contributed by atoms with Gasteiger partial charge >= 0.3 is 0 Å². The molecule has 5 nitrogen and oxygen atoms in total. The van der Waals surface area contributed by atoms with Gasteiger partial charge < -0.3 is 14.5 Å². The van der Waals surface area contributed by atoms with Crippen LogP contribution in [0.3, 0.4) is 0 Å². The van der Waals surface area contributed by atoms with Gasteiger partial charge in [-0.1, -0.05) is 6.07 Å². The number of methoxy groups -OCH3 is 2. The zero-order valence-electron chi connectivity index (χ0n) is 13.3. The first-order chi connectivity index (χ1) is 11.1. The Morgan fingerprint density at radius 2 is 2.13 bits per heavy atom. The fourth-order valence-corrected chi connectivity index (χ4v) is 3.54. The molecule has 0 unspecified atom stereocenters. The second kappa shape index (κ2) is 6.52. The Kier molecular flexibility index (Phi) is 4.45. The summed E-state index contributed by atoms with van der Waals surface area (Å²) in [6, 6.07) is 5.91. The number of nitrogens with one attached hydrogen (secondary N) is 1. The number of aromatic nitrogens is 2. The Morgan fingerprint density at radius 3 is 2.83 bits per heavy atom. The molecule has 2 aromatic heterocycles. The van der Waals surface area contributed by atoms with E-state index in [-0.39, 0.29) is 5.56 Å². The number of nitrogens with zero attached hydrogens (tertiary/aromatic N) is 1. The van der Waals surface area contributed by atoms with Crippen molar-refractivity contribution in [2.45, 2.75) is 13.3 Å². The van der Waals surface area contributed by atoms with Gasteiger partial charge in [0.05, 0.1) is 19.1 Å². The first kappa shape index (κ1) is 15.7. The van der Waals surface area contributed by atoms with E-state index in [1.807, 2.05) is 30.5 Å². The van der Waals surface area contributed by atoms with Crippen LogP contribution < -0.4 is 10.3 Å². The van der Waals surface area contributed by atoms with Crippen LogP contribution in [0.25, 0.3) is 21.3 Å². The quantitative estimate of drug-likeness (QED) is 0.780. The van der Waals surface area contributed by atoms with Crippen LogP contribution in [0.5, 0.6) is 5.75 Å². The number of aryl methyl sites for hydroxylation is 1. The first-order valence-electron chi connectivity index (χ1n) is 7.28. The fourth-order valence-electron chi connectivity index (χ4n) is 2.57. The Morgan fingerprint density at radius 1 is 1.30 bits per heavy atom. The van der Waals surface area contributed by atoms with Gasteiger partial charge in [0.25, 0.3) is 5.56 Å². The van der Waals surface area contributed by atoms with Crippen molar-refractivity contribution in [2.24, 2.45) is 0 Å². The topological polar surface area (TPSA) is 64.2 Å². The van der Waals surface area contributed by atoms with Crippen molar-refractivity contribution in [3.63, 3.8) is 0 Å². The third-order valence-corrected chi connectivity index (χ3v) is 4.61. The Labute approximate surface area is 137 Å². The highest BCUT2D eigenvalue weighted by molar-refractivity contribution is 7.17. The van der Waals surface area contributed by atoms with Crippen LogP contribution in [0.4, 0.5) is 0 Å². The van der Waals surface area contributed by atoms with Crippen LogP contribution in [0.1, 0.15) is 11.4 Å². The molecule has 1 aromatic carbocycles.